The van der Waals surface area contributed by atoms with Gasteiger partial charge in [0.15, 0.2) is 0 Å². The van der Waals surface area contributed by atoms with E-state index in [4.69, 9.17) is 0 Å². The highest BCUT2D eigenvalue weighted by molar-refractivity contribution is 5.94. The number of halogens is 3. The van der Waals surface area contributed by atoms with Crippen LogP contribution in [0.25, 0.3) is 0 Å². The molecule has 0 saturated carbocycles. The Hall–Kier alpha value is -1.76. The number of likely N-dealkylation sites (N-methyl/N-ethyl adjacent to an activating group) is 1. The minimum atomic E-state index is -4.76. The Kier molecular flexibility index (Phi) is 4.72. The lowest BCUT2D eigenvalue weighted by atomic mass is 10.0. The second-order valence-corrected chi connectivity index (χ2v) is 4.95. The number of nitrogens with one attached hydrogen (secondary N) is 1. The maximum atomic E-state index is 12.3. The topological polar surface area (TPSA) is 41.6 Å². The zero-order valence-electron chi connectivity index (χ0n) is 11.6. The van der Waals surface area contributed by atoms with Gasteiger partial charge in [0.2, 0.25) is 0 Å². The van der Waals surface area contributed by atoms with Gasteiger partial charge in [-0.25, -0.2) is 0 Å². The number of rotatable bonds is 3. The van der Waals surface area contributed by atoms with Gasteiger partial charge in [-0.1, -0.05) is 6.07 Å². The molecule has 1 N–H and O–H groups in total. The fourth-order valence-electron chi connectivity index (χ4n) is 2.41. The van der Waals surface area contributed by atoms with Crippen LogP contribution in [0, 0.1) is 0 Å². The third kappa shape index (κ3) is 4.35. The van der Waals surface area contributed by atoms with Crippen LogP contribution >= 0.6 is 0 Å². The minimum Gasteiger partial charge on any atom is -0.406 e. The molecule has 0 aromatic heterocycles. The standard InChI is InChI=1S/C14H17F3N2O2/c1-18-11-5-3-7-19(9-11)13(20)10-4-2-6-12(8-10)21-14(15,16)17/h2,4,6,8,11,18H,3,5,7,9H2,1H3/t11-/m0/s1. The Labute approximate surface area is 120 Å². The smallest absolute Gasteiger partial charge is 0.406 e. The van der Waals surface area contributed by atoms with E-state index < -0.39 is 6.36 Å². The predicted molar refractivity (Wildman–Crippen MR) is 71.1 cm³/mol. The third-order valence-corrected chi connectivity index (χ3v) is 3.43. The van der Waals surface area contributed by atoms with Crippen LogP contribution in [0.3, 0.4) is 0 Å². The lowest BCUT2D eigenvalue weighted by Crippen LogP contribution is -2.46. The Morgan fingerprint density at radius 3 is 2.86 bits per heavy atom. The monoisotopic (exact) mass is 302 g/mol. The molecule has 1 aromatic carbocycles. The average molecular weight is 302 g/mol. The molecule has 116 valence electrons. The SMILES string of the molecule is CN[C@H]1CCCN(C(=O)c2cccc(OC(F)(F)F)c2)C1. The van der Waals surface area contributed by atoms with Gasteiger partial charge in [0.25, 0.3) is 5.91 Å². The fraction of sp³-hybridized carbons (Fsp3) is 0.500. The highest BCUT2D eigenvalue weighted by Gasteiger charge is 2.31. The number of likely N-dealkylation sites (tertiary alicyclic amines) is 1. The summed E-state index contributed by atoms with van der Waals surface area (Å²) >= 11 is 0. The van der Waals surface area contributed by atoms with Gasteiger partial charge < -0.3 is 15.0 Å². The fourth-order valence-corrected chi connectivity index (χ4v) is 2.41. The number of alkyl halides is 3. The van der Waals surface area contributed by atoms with Crippen LogP contribution in [0.4, 0.5) is 13.2 Å². The summed E-state index contributed by atoms with van der Waals surface area (Å²) < 4.78 is 40.4. The highest BCUT2D eigenvalue weighted by Crippen LogP contribution is 2.24. The van der Waals surface area contributed by atoms with Gasteiger partial charge in [-0.3, -0.25) is 4.79 Å². The van der Waals surface area contributed by atoms with E-state index in [1.54, 1.807) is 4.90 Å². The maximum absolute atomic E-state index is 12.3. The van der Waals surface area contributed by atoms with Gasteiger partial charge in [-0.15, -0.1) is 13.2 Å². The number of benzene rings is 1. The molecule has 1 amide bonds. The first kappa shape index (κ1) is 15.6. The van der Waals surface area contributed by atoms with Crippen molar-refractivity contribution in [2.45, 2.75) is 25.2 Å². The maximum Gasteiger partial charge on any atom is 0.573 e. The molecule has 1 atom stereocenters. The summed E-state index contributed by atoms with van der Waals surface area (Å²) in [6.45, 7) is 1.17. The van der Waals surface area contributed by atoms with Gasteiger partial charge >= 0.3 is 6.36 Å². The van der Waals surface area contributed by atoms with E-state index in [2.05, 4.69) is 10.1 Å². The van der Waals surface area contributed by atoms with Crippen LogP contribution in [-0.2, 0) is 0 Å². The first-order valence-corrected chi connectivity index (χ1v) is 6.71. The summed E-state index contributed by atoms with van der Waals surface area (Å²) in [4.78, 5) is 14.0. The molecule has 0 unspecified atom stereocenters. The number of amides is 1. The Morgan fingerprint density at radius 2 is 2.19 bits per heavy atom. The molecular weight excluding hydrogens is 285 g/mol. The summed E-state index contributed by atoms with van der Waals surface area (Å²) in [7, 11) is 1.83. The van der Waals surface area contributed by atoms with Crippen LogP contribution in [-0.4, -0.2) is 43.3 Å². The molecule has 1 heterocycles. The molecule has 0 bridgehead atoms. The van der Waals surface area contributed by atoms with Crippen molar-refractivity contribution in [2.24, 2.45) is 0 Å². The molecular formula is C14H17F3N2O2. The van der Waals surface area contributed by atoms with Crippen LogP contribution in [0.1, 0.15) is 23.2 Å². The van der Waals surface area contributed by atoms with Crippen molar-refractivity contribution in [3.63, 3.8) is 0 Å². The zero-order valence-corrected chi connectivity index (χ0v) is 11.6. The number of carbonyl (C=O) groups is 1. The molecule has 7 heteroatoms. The zero-order chi connectivity index (χ0) is 15.5. The van der Waals surface area contributed by atoms with E-state index in [0.29, 0.717) is 13.1 Å². The van der Waals surface area contributed by atoms with E-state index in [1.165, 1.54) is 18.2 Å². The Balaban J connectivity index is 2.10. The second-order valence-electron chi connectivity index (χ2n) is 4.95. The summed E-state index contributed by atoms with van der Waals surface area (Å²) in [5.41, 5.74) is 0.202. The van der Waals surface area contributed by atoms with Crippen molar-refractivity contribution in [2.75, 3.05) is 20.1 Å². The van der Waals surface area contributed by atoms with Crippen molar-refractivity contribution < 1.29 is 22.7 Å². The van der Waals surface area contributed by atoms with Gasteiger partial charge in [0, 0.05) is 24.7 Å². The van der Waals surface area contributed by atoms with Gasteiger partial charge in [0.1, 0.15) is 5.75 Å². The molecule has 4 nitrogen and oxygen atoms in total. The largest absolute Gasteiger partial charge is 0.573 e. The van der Waals surface area contributed by atoms with Crippen molar-refractivity contribution >= 4 is 5.91 Å². The summed E-state index contributed by atoms with van der Waals surface area (Å²) in [5.74, 6) is -0.655. The molecule has 1 aliphatic heterocycles. The van der Waals surface area contributed by atoms with Crippen molar-refractivity contribution in [3.8, 4) is 5.75 Å². The molecule has 0 radical (unpaired) electrons. The first-order valence-electron chi connectivity index (χ1n) is 6.71. The van der Waals surface area contributed by atoms with Crippen molar-refractivity contribution in [1.82, 2.24) is 10.2 Å². The average Bonchev–Trinajstić information content (AvgIpc) is 2.45. The van der Waals surface area contributed by atoms with Gasteiger partial charge in [-0.05, 0) is 38.1 Å². The van der Waals surface area contributed by atoms with Gasteiger partial charge in [0.05, 0.1) is 0 Å². The van der Waals surface area contributed by atoms with E-state index in [-0.39, 0.29) is 23.3 Å². The van der Waals surface area contributed by atoms with Crippen molar-refractivity contribution in [1.29, 1.82) is 0 Å². The lowest BCUT2D eigenvalue weighted by molar-refractivity contribution is -0.274. The van der Waals surface area contributed by atoms with Crippen molar-refractivity contribution in [3.05, 3.63) is 29.8 Å². The molecule has 1 saturated heterocycles. The number of piperidine rings is 1. The number of nitrogens with zero attached hydrogens (tertiary/aromatic N) is 1. The first-order chi connectivity index (χ1) is 9.89. The van der Waals surface area contributed by atoms with Crippen LogP contribution in [0.2, 0.25) is 0 Å². The number of ether oxygens (including phenoxy) is 1. The molecule has 1 aromatic rings. The third-order valence-electron chi connectivity index (χ3n) is 3.43. The van der Waals surface area contributed by atoms with Crippen LogP contribution in [0.5, 0.6) is 5.75 Å². The predicted octanol–water partition coefficient (Wildman–Crippen LogP) is 2.41. The summed E-state index contributed by atoms with van der Waals surface area (Å²) in [6, 6.07) is 5.40. The van der Waals surface area contributed by atoms with Crippen LogP contribution in [0.15, 0.2) is 24.3 Å². The number of hydrogen-bond donors (Lipinski definition) is 1. The Morgan fingerprint density at radius 1 is 1.43 bits per heavy atom. The van der Waals surface area contributed by atoms with Gasteiger partial charge in [-0.2, -0.15) is 0 Å². The molecule has 0 aliphatic carbocycles. The molecule has 2 rings (SSSR count). The molecule has 0 spiro atoms. The quantitative estimate of drug-likeness (QED) is 0.932. The van der Waals surface area contributed by atoms with E-state index >= 15 is 0 Å². The molecule has 21 heavy (non-hydrogen) atoms. The normalized spacial score (nSPS) is 19.4. The molecule has 1 fully saturated rings. The number of carbonyl (C=O) groups excluding carboxylic acids is 1. The minimum absolute atomic E-state index is 0.202. The van der Waals surface area contributed by atoms with E-state index in [1.807, 2.05) is 7.05 Å². The Bertz CT molecular complexity index is 505. The lowest BCUT2D eigenvalue weighted by Gasteiger charge is -2.32. The van der Waals surface area contributed by atoms with Crippen LogP contribution < -0.4 is 10.1 Å². The highest BCUT2D eigenvalue weighted by atomic mass is 19.4. The summed E-state index contributed by atoms with van der Waals surface area (Å²) in [5, 5.41) is 3.12. The summed E-state index contributed by atoms with van der Waals surface area (Å²) in [6.07, 6.45) is -2.91. The van der Waals surface area contributed by atoms with E-state index in [0.717, 1.165) is 18.9 Å². The number of hydrogen-bond acceptors (Lipinski definition) is 3. The second kappa shape index (κ2) is 6.34. The molecule has 1 aliphatic rings. The van der Waals surface area contributed by atoms with E-state index in [9.17, 15) is 18.0 Å².